The third-order valence-electron chi connectivity index (χ3n) is 45.3. The van der Waals surface area contributed by atoms with Crippen LogP contribution in [0.15, 0.2) is 60.8 Å². The molecule has 20 aliphatic rings. The summed E-state index contributed by atoms with van der Waals surface area (Å²) < 4.78 is 71.6. The minimum absolute atomic E-state index is 0.133. The highest BCUT2D eigenvalue weighted by Crippen LogP contribution is 2.73. The number of rotatable bonds is 14. The monoisotopic (exact) mass is 1810 g/mol. The van der Waals surface area contributed by atoms with Gasteiger partial charge >= 0.3 is 0 Å². The lowest BCUT2D eigenvalue weighted by Gasteiger charge is -2.57. The second-order valence-corrected chi connectivity index (χ2v) is 51.1. The van der Waals surface area contributed by atoms with E-state index in [0.29, 0.717) is 156 Å². The zero-order chi connectivity index (χ0) is 89.3. The lowest BCUT2D eigenvalue weighted by Crippen LogP contribution is -2.52. The molecule has 0 aromatic carbocycles. The molecule has 0 amide bonds. The van der Waals surface area contributed by atoms with Crippen LogP contribution < -0.4 is 0 Å². The summed E-state index contributed by atoms with van der Waals surface area (Å²) in [6.45, 7) is 37.4. The highest BCUT2D eigenvalue weighted by atomic mass is 79.9. The molecule has 0 aromatic rings. The molecule has 20 saturated carbocycles. The zero-order valence-electron chi connectivity index (χ0n) is 79.5. The topological polar surface area (TPSA) is 151 Å². The number of aliphatic hydroxyl groups is 7. The van der Waals surface area contributed by atoms with E-state index in [1.807, 2.05) is 0 Å². The number of methoxy groups -OCH3 is 1. The van der Waals surface area contributed by atoms with E-state index in [2.05, 4.69) is 97.3 Å². The molecule has 20 fully saturated rings. The Morgan fingerprint density at radius 3 is 0.808 bits per heavy atom. The summed E-state index contributed by atoms with van der Waals surface area (Å²) in [6, 6.07) is 0. The molecule has 0 radical (unpaired) electrons. The van der Waals surface area contributed by atoms with E-state index < -0.39 is 54.5 Å². The molecule has 0 spiro atoms. The Balaban J connectivity index is 0.000000115. The number of hydrogen-bond acceptors (Lipinski definition) is 8. The van der Waals surface area contributed by atoms with Crippen molar-refractivity contribution in [2.45, 2.75) is 372 Å². The largest absolute Gasteiger partial charge is 0.392 e. The van der Waals surface area contributed by atoms with Crippen LogP contribution in [0.5, 0.6) is 0 Å². The fraction of sp³-hybridized carbons (Fsp3) is 0.910. The van der Waals surface area contributed by atoms with Crippen molar-refractivity contribution in [1.29, 1.82) is 0 Å². The third-order valence-corrected chi connectivity index (χ3v) is 46.0. The minimum atomic E-state index is -2.59. The van der Waals surface area contributed by atoms with Gasteiger partial charge in [0, 0.05) is 12.4 Å². The average Bonchev–Trinajstić information content (AvgIpc) is 1.64. The highest BCUT2D eigenvalue weighted by molar-refractivity contribution is 9.09. The van der Waals surface area contributed by atoms with Gasteiger partial charge in [-0.3, -0.25) is 0 Å². The van der Waals surface area contributed by atoms with Gasteiger partial charge < -0.3 is 40.5 Å². The van der Waals surface area contributed by atoms with E-state index in [1.165, 1.54) is 209 Å². The van der Waals surface area contributed by atoms with E-state index >= 15 is 0 Å². The first-order valence-electron chi connectivity index (χ1n) is 52.6. The minimum Gasteiger partial charge on any atom is -0.392 e. The Morgan fingerprint density at radius 1 is 0.312 bits per heavy atom. The first kappa shape index (κ1) is 96.6. The van der Waals surface area contributed by atoms with E-state index in [4.69, 9.17) is 4.74 Å². The number of allylic oxidation sites excluding steroid dienone is 3. The van der Waals surface area contributed by atoms with Crippen molar-refractivity contribution in [2.75, 3.05) is 52.3 Å². The van der Waals surface area contributed by atoms with Crippen LogP contribution in [0.4, 0.5) is 22.0 Å². The Hall–Kier alpha value is -1.49. The molecule has 125 heavy (non-hydrogen) atoms. The Kier molecular flexibility index (Phi) is 29.0. The number of aliphatic hydroxyl groups excluding tert-OH is 2. The van der Waals surface area contributed by atoms with Crippen molar-refractivity contribution < 1.29 is 62.4 Å². The Bertz CT molecular complexity index is 3690. The van der Waals surface area contributed by atoms with Crippen LogP contribution in [-0.4, -0.2) is 122 Å². The van der Waals surface area contributed by atoms with Gasteiger partial charge in [0.2, 0.25) is 0 Å². The Morgan fingerprint density at radius 2 is 0.552 bits per heavy atom. The predicted molar refractivity (Wildman–Crippen MR) is 499 cm³/mol. The van der Waals surface area contributed by atoms with Gasteiger partial charge in [-0.05, 0) is 519 Å². The van der Waals surface area contributed by atoms with E-state index in [9.17, 15) is 57.7 Å². The Labute approximate surface area is 763 Å². The van der Waals surface area contributed by atoms with Gasteiger partial charge in [-0.1, -0.05) is 100 Å². The molecule has 40 atom stereocenters. The average molecular weight is 1810 g/mol. The quantitative estimate of drug-likeness (QED) is 0.0516. The standard InChI is InChI=1S/C23H38O3.C22H34BrFO.C22H34F2O.C22H35FO2.C22H35FO/c1-15(13-24)20-6-7-21-19-5-4-16-12-23(25,14-26-3)11-9-17(16)18(19)8-10-22(20,21)2;1-14(12-23)19-5-6-20-18-4-3-15-11-22(25,13-24)10-8-16(15)17(18)7-9-21(19,20)2;1-13(2)18-6-7-19-17-5-4-14-12-22(25,20(23)24)11-9-15(14)16(17)8-10-21(18,19)3;1-14(12-24)19-5-6-20-18-4-3-15-11-22(25,13-23)10-8-16(15)17(18)7-9-21(19,20)2;1-14(2)19-6-7-20-18-5-4-15-12-22(24,13-23)11-9-16(15)17(18)8-10-21(19,20)3/h16-21,24-25H,1,4-14H2,2-3H3;15-20,25H,1,3-13H2,2H3;14-20,25H,1,4-12H2,2-3H3;15-20,24-25H,1,3-13H2,2H3;15-20,24H,1,4-13H2,2-3H3/t16-,17+,18-,19-,20-,21+,22-,23+;15-,16+,17-,18-,19-,20+,21-,22+;14-,15+,16-,17-,18-,19+,21-,22+;2*15-,16+,17-,18-,19-,20+,21-,22+/m11111/s1. The molecule has 0 bridgehead atoms. The summed E-state index contributed by atoms with van der Waals surface area (Å²) in [4.78, 5) is 0. The SMILES string of the molecule is C=C(C)[C@H]1CC[C@H]2[C@@H]3CC[C@@H]4C[C@](O)(C(F)F)CC[C@@H]4[C@H]3CC[C@]12C.C=C(C)[C@H]1CC[C@H]2[C@@H]3CC[C@@H]4C[C@](O)(CF)CC[C@@H]4[C@H]3CC[C@]12C.C=C(CBr)[C@H]1CC[C@H]2[C@@H]3CC[C@@H]4C[C@](O)(CF)CC[C@@H]4[C@H]3CC[C@]12C.C=C(CO)[C@H]1CC[C@H]2[C@@H]3CC[C@@H]4C[C@](O)(CF)CC[C@@H]4[C@H]3CC[C@]12C.C=C(CO)[C@H]1CC[C@H]2[C@@H]3CC[C@@H]4C[C@](O)(COC)CC[C@@H]4[C@H]3CC[C@]12C. The summed E-state index contributed by atoms with van der Waals surface area (Å²) in [6.07, 6.45) is 47.7. The molecule has 0 aromatic heterocycles. The van der Waals surface area contributed by atoms with Crippen LogP contribution in [0.25, 0.3) is 0 Å². The van der Waals surface area contributed by atoms with E-state index in [0.717, 1.165) is 168 Å². The molecule has 0 saturated heterocycles. The van der Waals surface area contributed by atoms with Gasteiger partial charge in [0.05, 0.1) is 42.2 Å². The van der Waals surface area contributed by atoms with Crippen molar-refractivity contribution in [3.8, 4) is 0 Å². The molecule has 710 valence electrons. The van der Waals surface area contributed by atoms with Crippen LogP contribution in [0, 0.1) is 205 Å². The summed E-state index contributed by atoms with van der Waals surface area (Å²) >= 11 is 3.64. The van der Waals surface area contributed by atoms with Gasteiger partial charge in [-0.25, -0.2) is 22.0 Å². The lowest BCUT2D eigenvalue weighted by molar-refractivity contribution is -0.158. The third kappa shape index (κ3) is 17.5. The first-order chi connectivity index (χ1) is 59.4. The van der Waals surface area contributed by atoms with Crippen molar-refractivity contribution in [1.82, 2.24) is 0 Å². The molecule has 8 nitrogen and oxygen atoms in total. The molecule has 0 aliphatic heterocycles. The maximum absolute atomic E-state index is 13.3. The molecule has 14 heteroatoms. The fourth-order valence-electron chi connectivity index (χ4n) is 39.7. The number of halogens is 6. The number of fused-ring (bicyclic) bond motifs is 25. The maximum atomic E-state index is 13.3. The van der Waals surface area contributed by atoms with E-state index in [1.54, 1.807) is 7.11 Å². The number of alkyl halides is 6. The van der Waals surface area contributed by atoms with Crippen LogP contribution in [-0.2, 0) is 4.74 Å². The van der Waals surface area contributed by atoms with Gasteiger partial charge in [0.15, 0.2) is 0 Å². The van der Waals surface area contributed by atoms with Gasteiger partial charge in [0.1, 0.15) is 25.6 Å². The van der Waals surface area contributed by atoms with Crippen LogP contribution in [0.2, 0.25) is 0 Å². The molecular formula is C111H176BrF5O8. The molecule has 20 aliphatic carbocycles. The van der Waals surface area contributed by atoms with Crippen LogP contribution in [0.3, 0.4) is 0 Å². The van der Waals surface area contributed by atoms with E-state index in [-0.39, 0.29) is 13.2 Å². The molecule has 20 rings (SSSR count). The fourth-order valence-corrected chi connectivity index (χ4v) is 40.1. The summed E-state index contributed by atoms with van der Waals surface area (Å²) in [5.74, 6) is 21.7. The second kappa shape index (κ2) is 37.5. The lowest BCUT2D eigenvalue weighted by atomic mass is 9.48. The van der Waals surface area contributed by atoms with Crippen molar-refractivity contribution >= 4 is 15.9 Å². The number of ether oxygens (including phenoxy) is 1. The zero-order valence-corrected chi connectivity index (χ0v) is 81.1. The molecule has 7 N–H and O–H groups in total. The normalized spacial score (nSPS) is 52.2. The van der Waals surface area contributed by atoms with Crippen molar-refractivity contribution in [3.05, 3.63) is 60.8 Å². The smallest absolute Gasteiger partial charge is 0.266 e. The van der Waals surface area contributed by atoms with Gasteiger partial charge in [-0.15, -0.1) is 0 Å². The summed E-state index contributed by atoms with van der Waals surface area (Å²) in [7, 11) is 1.71. The summed E-state index contributed by atoms with van der Waals surface area (Å²) in [5.41, 5.74) is 2.97. The summed E-state index contributed by atoms with van der Waals surface area (Å²) in [5, 5.41) is 72.6. The second-order valence-electron chi connectivity index (χ2n) is 50.5. The molecule has 0 heterocycles. The first-order valence-corrected chi connectivity index (χ1v) is 53.7. The van der Waals surface area contributed by atoms with Crippen molar-refractivity contribution in [3.63, 3.8) is 0 Å². The van der Waals surface area contributed by atoms with Crippen molar-refractivity contribution in [2.24, 2.45) is 205 Å². The van der Waals surface area contributed by atoms with Gasteiger partial charge in [-0.2, -0.15) is 0 Å². The molecular weight excluding hydrogens is 1640 g/mol. The highest BCUT2D eigenvalue weighted by Gasteiger charge is 2.65. The van der Waals surface area contributed by atoms with Gasteiger partial charge in [0.25, 0.3) is 6.43 Å². The van der Waals surface area contributed by atoms with Crippen LogP contribution >= 0.6 is 15.9 Å². The number of hydrogen-bond donors (Lipinski definition) is 7. The van der Waals surface area contributed by atoms with Crippen LogP contribution in [0.1, 0.15) is 337 Å². The molecule has 0 unspecified atom stereocenters. The maximum Gasteiger partial charge on any atom is 0.266 e. The predicted octanol–water partition coefficient (Wildman–Crippen LogP) is 26.0.